The minimum atomic E-state index is -0.504. The van der Waals surface area contributed by atoms with Gasteiger partial charge in [0.05, 0.1) is 24.8 Å². The first-order valence-electron chi connectivity index (χ1n) is 6.58. The summed E-state index contributed by atoms with van der Waals surface area (Å²) in [6.45, 7) is 9.83. The van der Waals surface area contributed by atoms with E-state index in [-0.39, 0.29) is 24.3 Å². The van der Waals surface area contributed by atoms with Gasteiger partial charge in [-0.05, 0) is 6.92 Å². The molecular formula is C13H22N4O3. The Hall–Kier alpha value is -1.92. The summed E-state index contributed by atoms with van der Waals surface area (Å²) in [5.41, 5.74) is 5.74. The largest absolute Gasteiger partial charge is 0.461 e. The van der Waals surface area contributed by atoms with Crippen molar-refractivity contribution >= 4 is 11.9 Å². The van der Waals surface area contributed by atoms with Crippen molar-refractivity contribution in [3.05, 3.63) is 11.4 Å². The Labute approximate surface area is 118 Å². The van der Waals surface area contributed by atoms with E-state index in [1.54, 1.807) is 18.5 Å². The normalized spacial score (nSPS) is 13.1. The number of hydrogen-bond acceptors (Lipinski definition) is 5. The highest BCUT2D eigenvalue weighted by molar-refractivity contribution is 5.88. The standard InChI is InChI=1S/C13H22N4O3/c1-6-20-12(19)9-10(13(3,4)5)17(16-15-9)7-8(2)11(14)18/h8H,6-7H2,1-5H3,(H2,14,18). The lowest BCUT2D eigenvalue weighted by atomic mass is 9.90. The molecule has 0 aliphatic carbocycles. The third-order valence-corrected chi connectivity index (χ3v) is 2.85. The van der Waals surface area contributed by atoms with Crippen molar-refractivity contribution in [2.24, 2.45) is 11.7 Å². The van der Waals surface area contributed by atoms with Crippen LogP contribution in [0.5, 0.6) is 0 Å². The molecule has 1 heterocycles. The molecule has 112 valence electrons. The van der Waals surface area contributed by atoms with Crippen LogP contribution < -0.4 is 5.73 Å². The molecule has 1 atom stereocenters. The van der Waals surface area contributed by atoms with Gasteiger partial charge < -0.3 is 10.5 Å². The zero-order chi connectivity index (χ0) is 15.5. The quantitative estimate of drug-likeness (QED) is 0.808. The molecule has 0 bridgehead atoms. The van der Waals surface area contributed by atoms with Gasteiger partial charge >= 0.3 is 5.97 Å². The van der Waals surface area contributed by atoms with Crippen molar-refractivity contribution in [2.45, 2.75) is 46.6 Å². The maximum Gasteiger partial charge on any atom is 0.360 e. The fourth-order valence-electron chi connectivity index (χ4n) is 1.87. The van der Waals surface area contributed by atoms with E-state index in [0.717, 1.165) is 0 Å². The highest BCUT2D eigenvalue weighted by atomic mass is 16.5. The number of esters is 1. The Balaban J connectivity index is 3.20. The lowest BCUT2D eigenvalue weighted by molar-refractivity contribution is -0.121. The van der Waals surface area contributed by atoms with E-state index in [9.17, 15) is 9.59 Å². The number of ether oxygens (including phenoxy) is 1. The number of carbonyl (C=O) groups excluding carboxylic acids is 2. The molecule has 1 aromatic heterocycles. The lowest BCUT2D eigenvalue weighted by Gasteiger charge is -2.21. The molecule has 7 heteroatoms. The lowest BCUT2D eigenvalue weighted by Crippen LogP contribution is -2.29. The maximum absolute atomic E-state index is 11.9. The van der Waals surface area contributed by atoms with Gasteiger partial charge in [-0.15, -0.1) is 5.10 Å². The molecule has 20 heavy (non-hydrogen) atoms. The summed E-state index contributed by atoms with van der Waals surface area (Å²) in [5.74, 6) is -1.32. The molecule has 0 spiro atoms. The molecule has 0 fully saturated rings. The second kappa shape index (κ2) is 6.02. The average Bonchev–Trinajstić information content (AvgIpc) is 2.72. The fourth-order valence-corrected chi connectivity index (χ4v) is 1.87. The fraction of sp³-hybridized carbons (Fsp3) is 0.692. The highest BCUT2D eigenvalue weighted by Gasteiger charge is 2.30. The van der Waals surface area contributed by atoms with Gasteiger partial charge in [0, 0.05) is 5.41 Å². The maximum atomic E-state index is 11.9. The number of nitrogens with two attached hydrogens (primary N) is 1. The predicted octanol–water partition coefficient (Wildman–Crippen LogP) is 0.874. The molecule has 7 nitrogen and oxygen atoms in total. The smallest absolute Gasteiger partial charge is 0.360 e. The Morgan fingerprint density at radius 3 is 2.45 bits per heavy atom. The summed E-state index contributed by atoms with van der Waals surface area (Å²) in [7, 11) is 0. The van der Waals surface area contributed by atoms with Crippen LogP contribution in [-0.2, 0) is 21.5 Å². The number of amides is 1. The predicted molar refractivity (Wildman–Crippen MR) is 73.0 cm³/mol. The number of rotatable bonds is 5. The first kappa shape index (κ1) is 16.1. The van der Waals surface area contributed by atoms with Crippen LogP contribution in [0.2, 0.25) is 0 Å². The van der Waals surface area contributed by atoms with Gasteiger partial charge in [-0.2, -0.15) is 0 Å². The van der Waals surface area contributed by atoms with Crippen molar-refractivity contribution in [1.82, 2.24) is 15.0 Å². The van der Waals surface area contributed by atoms with Crippen LogP contribution in [0.25, 0.3) is 0 Å². The number of primary amides is 1. The number of aromatic nitrogens is 3. The van der Waals surface area contributed by atoms with Gasteiger partial charge in [0.15, 0.2) is 5.69 Å². The van der Waals surface area contributed by atoms with Crippen LogP contribution in [0.3, 0.4) is 0 Å². The van der Waals surface area contributed by atoms with Crippen LogP contribution in [0.4, 0.5) is 0 Å². The van der Waals surface area contributed by atoms with Crippen molar-refractivity contribution in [1.29, 1.82) is 0 Å². The summed E-state index contributed by atoms with van der Waals surface area (Å²) in [6.07, 6.45) is 0. The monoisotopic (exact) mass is 282 g/mol. The van der Waals surface area contributed by atoms with Crippen LogP contribution in [0.1, 0.15) is 50.8 Å². The molecule has 0 saturated heterocycles. The van der Waals surface area contributed by atoms with Gasteiger partial charge in [-0.1, -0.05) is 32.9 Å². The Kier molecular flexibility index (Phi) is 4.86. The van der Waals surface area contributed by atoms with Crippen molar-refractivity contribution in [3.8, 4) is 0 Å². The van der Waals surface area contributed by atoms with E-state index in [1.165, 1.54) is 0 Å². The van der Waals surface area contributed by atoms with Gasteiger partial charge in [-0.25, -0.2) is 9.48 Å². The molecule has 1 aromatic rings. The number of carbonyl (C=O) groups is 2. The Morgan fingerprint density at radius 1 is 1.40 bits per heavy atom. The summed E-state index contributed by atoms with van der Waals surface area (Å²) in [5, 5.41) is 7.87. The van der Waals surface area contributed by atoms with E-state index >= 15 is 0 Å². The molecule has 0 radical (unpaired) electrons. The van der Waals surface area contributed by atoms with Gasteiger partial charge in [-0.3, -0.25) is 4.79 Å². The molecule has 1 rings (SSSR count). The summed E-state index contributed by atoms with van der Waals surface area (Å²) >= 11 is 0. The van der Waals surface area contributed by atoms with Crippen molar-refractivity contribution in [3.63, 3.8) is 0 Å². The Morgan fingerprint density at radius 2 is 2.00 bits per heavy atom. The number of hydrogen-bond donors (Lipinski definition) is 1. The van der Waals surface area contributed by atoms with Crippen molar-refractivity contribution < 1.29 is 14.3 Å². The highest BCUT2D eigenvalue weighted by Crippen LogP contribution is 2.25. The summed E-state index contributed by atoms with van der Waals surface area (Å²) in [4.78, 5) is 23.1. The van der Waals surface area contributed by atoms with E-state index < -0.39 is 17.8 Å². The minimum absolute atomic E-state index is 0.191. The van der Waals surface area contributed by atoms with Gasteiger partial charge in [0.25, 0.3) is 0 Å². The van der Waals surface area contributed by atoms with E-state index in [4.69, 9.17) is 10.5 Å². The molecular weight excluding hydrogens is 260 g/mol. The molecule has 0 aliphatic heterocycles. The van der Waals surface area contributed by atoms with E-state index in [2.05, 4.69) is 10.3 Å². The second-order valence-electron chi connectivity index (χ2n) is 5.74. The van der Waals surface area contributed by atoms with Gasteiger partial charge in [0.1, 0.15) is 0 Å². The summed E-state index contributed by atoms with van der Waals surface area (Å²) in [6, 6.07) is 0. The minimum Gasteiger partial charge on any atom is -0.461 e. The van der Waals surface area contributed by atoms with Crippen molar-refractivity contribution in [2.75, 3.05) is 6.61 Å². The molecule has 1 amide bonds. The molecule has 2 N–H and O–H groups in total. The zero-order valence-electron chi connectivity index (χ0n) is 12.6. The third-order valence-electron chi connectivity index (χ3n) is 2.85. The SMILES string of the molecule is CCOC(=O)c1nnn(CC(C)C(N)=O)c1C(C)(C)C. The van der Waals surface area contributed by atoms with E-state index in [1.807, 2.05) is 20.8 Å². The van der Waals surface area contributed by atoms with Crippen LogP contribution in [0.15, 0.2) is 0 Å². The van der Waals surface area contributed by atoms with E-state index in [0.29, 0.717) is 5.69 Å². The van der Waals surface area contributed by atoms with Crippen LogP contribution in [0, 0.1) is 5.92 Å². The molecule has 0 aliphatic rings. The van der Waals surface area contributed by atoms with Crippen LogP contribution in [-0.4, -0.2) is 33.5 Å². The first-order valence-corrected chi connectivity index (χ1v) is 6.58. The van der Waals surface area contributed by atoms with Crippen LogP contribution >= 0.6 is 0 Å². The summed E-state index contributed by atoms with van der Waals surface area (Å²) < 4.78 is 6.54. The topological polar surface area (TPSA) is 100 Å². The average molecular weight is 282 g/mol. The van der Waals surface area contributed by atoms with Gasteiger partial charge in [0.2, 0.25) is 5.91 Å². The first-order chi connectivity index (χ1) is 9.18. The third kappa shape index (κ3) is 3.55. The Bertz CT molecular complexity index is 502. The zero-order valence-corrected chi connectivity index (χ0v) is 12.6. The second-order valence-corrected chi connectivity index (χ2v) is 5.74. The molecule has 0 saturated carbocycles. The molecule has 1 unspecified atom stereocenters. The number of nitrogens with zero attached hydrogens (tertiary/aromatic N) is 3. The molecule has 0 aromatic carbocycles.